The molecule has 0 unspecified atom stereocenters. The number of furan rings is 1. The molecule has 1 heterocycles. The first kappa shape index (κ1) is 18.6. The Hall–Kier alpha value is -2.74. The molecular weight excluding hydrogens is 342 g/mol. The Bertz CT molecular complexity index is 1180. The van der Waals surface area contributed by atoms with Crippen molar-refractivity contribution in [2.24, 2.45) is 0 Å². The summed E-state index contributed by atoms with van der Waals surface area (Å²) < 4.78 is 6.17. The van der Waals surface area contributed by atoms with Crippen LogP contribution in [0.3, 0.4) is 0 Å². The normalized spacial score (nSPS) is 12.8. The molecule has 0 atom stereocenters. The maximum absolute atomic E-state index is 6.43. The van der Waals surface area contributed by atoms with Crippen molar-refractivity contribution in [1.29, 1.82) is 0 Å². The molecule has 0 saturated carbocycles. The zero-order valence-electron chi connectivity index (χ0n) is 17.7. The van der Waals surface area contributed by atoms with Crippen LogP contribution in [0.1, 0.15) is 52.7 Å². The topological polar surface area (TPSA) is 39.2 Å². The Morgan fingerprint density at radius 3 is 2.07 bits per heavy atom. The highest BCUT2D eigenvalue weighted by molar-refractivity contribution is 6.03. The lowest BCUT2D eigenvalue weighted by molar-refractivity contribution is 0.555. The summed E-state index contributed by atoms with van der Waals surface area (Å²) in [5.41, 5.74) is 11.9. The van der Waals surface area contributed by atoms with Gasteiger partial charge in [0.2, 0.25) is 0 Å². The smallest absolute Gasteiger partial charge is 0.199 e. The van der Waals surface area contributed by atoms with Gasteiger partial charge in [0, 0.05) is 10.9 Å². The van der Waals surface area contributed by atoms with Crippen LogP contribution in [-0.2, 0) is 10.8 Å². The molecule has 2 heteroatoms. The van der Waals surface area contributed by atoms with Crippen LogP contribution in [-0.4, -0.2) is 0 Å². The molecule has 0 aliphatic carbocycles. The number of benzene rings is 3. The Labute approximate surface area is 167 Å². The minimum absolute atomic E-state index is 0.0372. The lowest BCUT2D eigenvalue weighted by atomic mass is 9.79. The standard InChI is InChI=1S/C26H29NO/c1-25(2,3)19-14-20-22(18-12-11-16-9-7-8-10-17(16)13-18)24(27)28-23(20)21(15-19)26(4,5)6/h7-15H,27H2,1-6H3. The second kappa shape index (κ2) is 6.13. The molecule has 0 spiro atoms. The van der Waals surface area contributed by atoms with Gasteiger partial charge >= 0.3 is 0 Å². The summed E-state index contributed by atoms with van der Waals surface area (Å²) in [7, 11) is 0. The molecule has 3 aromatic carbocycles. The van der Waals surface area contributed by atoms with E-state index in [4.69, 9.17) is 10.2 Å². The second-order valence-electron chi connectivity index (χ2n) is 9.80. The van der Waals surface area contributed by atoms with E-state index in [1.807, 2.05) is 0 Å². The molecule has 2 nitrogen and oxygen atoms in total. The fourth-order valence-electron chi connectivity index (χ4n) is 3.85. The van der Waals surface area contributed by atoms with Gasteiger partial charge in [-0.15, -0.1) is 0 Å². The Kier molecular flexibility index (Phi) is 4.08. The number of nitrogens with two attached hydrogens (primary N) is 1. The van der Waals surface area contributed by atoms with Crippen molar-refractivity contribution in [3.8, 4) is 11.1 Å². The molecule has 0 aliphatic rings. The minimum Gasteiger partial charge on any atom is -0.440 e. The lowest BCUT2D eigenvalue weighted by Gasteiger charge is -2.25. The fraction of sp³-hybridized carbons (Fsp3) is 0.308. The third-order valence-corrected chi connectivity index (χ3v) is 5.53. The summed E-state index contributed by atoms with van der Waals surface area (Å²) in [6, 6.07) is 19.4. The van der Waals surface area contributed by atoms with Gasteiger partial charge in [0.25, 0.3) is 0 Å². The molecule has 4 rings (SSSR count). The van der Waals surface area contributed by atoms with E-state index in [1.54, 1.807) is 0 Å². The van der Waals surface area contributed by atoms with Crippen molar-refractivity contribution < 1.29 is 4.42 Å². The molecule has 0 fully saturated rings. The molecule has 0 bridgehead atoms. The Morgan fingerprint density at radius 1 is 0.750 bits per heavy atom. The number of hydrogen-bond donors (Lipinski definition) is 1. The number of anilines is 1. The third kappa shape index (κ3) is 3.07. The number of fused-ring (bicyclic) bond motifs is 2. The molecule has 0 aliphatic heterocycles. The predicted molar refractivity (Wildman–Crippen MR) is 121 cm³/mol. The van der Waals surface area contributed by atoms with E-state index in [0.29, 0.717) is 5.88 Å². The molecule has 4 aromatic rings. The first-order chi connectivity index (χ1) is 13.1. The van der Waals surface area contributed by atoms with Gasteiger partial charge in [-0.3, -0.25) is 0 Å². The lowest BCUT2D eigenvalue weighted by Crippen LogP contribution is -2.16. The van der Waals surface area contributed by atoms with E-state index in [0.717, 1.165) is 22.1 Å². The monoisotopic (exact) mass is 371 g/mol. The van der Waals surface area contributed by atoms with Crippen molar-refractivity contribution in [2.45, 2.75) is 52.4 Å². The van der Waals surface area contributed by atoms with Gasteiger partial charge in [-0.25, -0.2) is 0 Å². The third-order valence-electron chi connectivity index (χ3n) is 5.53. The summed E-state index contributed by atoms with van der Waals surface area (Å²) in [6.07, 6.45) is 0. The first-order valence-corrected chi connectivity index (χ1v) is 9.92. The minimum atomic E-state index is -0.0372. The van der Waals surface area contributed by atoms with Crippen molar-refractivity contribution in [3.63, 3.8) is 0 Å². The van der Waals surface area contributed by atoms with Gasteiger partial charge < -0.3 is 10.2 Å². The van der Waals surface area contributed by atoms with Crippen LogP contribution >= 0.6 is 0 Å². The van der Waals surface area contributed by atoms with Crippen LogP contribution in [0, 0.1) is 0 Å². The molecular formula is C26H29NO. The van der Waals surface area contributed by atoms with E-state index >= 15 is 0 Å². The Balaban J connectivity index is 2.07. The van der Waals surface area contributed by atoms with Crippen LogP contribution in [0.2, 0.25) is 0 Å². The summed E-state index contributed by atoms with van der Waals surface area (Å²) >= 11 is 0. The molecule has 0 amide bonds. The summed E-state index contributed by atoms with van der Waals surface area (Å²) in [6.45, 7) is 13.4. The van der Waals surface area contributed by atoms with Crippen LogP contribution in [0.15, 0.2) is 59.0 Å². The quantitative estimate of drug-likeness (QED) is 0.378. The van der Waals surface area contributed by atoms with Gasteiger partial charge in [0.05, 0.1) is 5.56 Å². The van der Waals surface area contributed by atoms with E-state index in [-0.39, 0.29) is 10.8 Å². The highest BCUT2D eigenvalue weighted by Crippen LogP contribution is 2.44. The van der Waals surface area contributed by atoms with Crippen LogP contribution in [0.4, 0.5) is 5.88 Å². The average molecular weight is 372 g/mol. The van der Waals surface area contributed by atoms with E-state index in [9.17, 15) is 0 Å². The van der Waals surface area contributed by atoms with Gasteiger partial charge in [-0.2, -0.15) is 0 Å². The summed E-state index contributed by atoms with van der Waals surface area (Å²) in [4.78, 5) is 0. The Morgan fingerprint density at radius 2 is 1.43 bits per heavy atom. The van der Waals surface area contributed by atoms with Crippen molar-refractivity contribution in [3.05, 3.63) is 65.7 Å². The molecule has 0 radical (unpaired) electrons. The van der Waals surface area contributed by atoms with Crippen molar-refractivity contribution in [2.75, 3.05) is 5.73 Å². The van der Waals surface area contributed by atoms with E-state index < -0.39 is 0 Å². The molecule has 0 saturated heterocycles. The molecule has 1 aromatic heterocycles. The van der Waals surface area contributed by atoms with Crippen LogP contribution < -0.4 is 5.73 Å². The SMILES string of the molecule is CC(C)(C)c1cc(C(C)(C)C)c2oc(N)c(-c3ccc4ccccc4c3)c2c1. The van der Waals surface area contributed by atoms with E-state index in [2.05, 4.69) is 96.1 Å². The number of rotatable bonds is 1. The summed E-state index contributed by atoms with van der Waals surface area (Å²) in [5, 5.41) is 3.53. The summed E-state index contributed by atoms with van der Waals surface area (Å²) in [5.74, 6) is 0.488. The van der Waals surface area contributed by atoms with Crippen LogP contribution in [0.25, 0.3) is 32.9 Å². The fourth-order valence-corrected chi connectivity index (χ4v) is 3.85. The maximum Gasteiger partial charge on any atom is 0.199 e. The molecule has 2 N–H and O–H groups in total. The molecule has 144 valence electrons. The van der Waals surface area contributed by atoms with Crippen molar-refractivity contribution >= 4 is 27.6 Å². The van der Waals surface area contributed by atoms with Gasteiger partial charge in [0.1, 0.15) is 5.58 Å². The van der Waals surface area contributed by atoms with Gasteiger partial charge in [-0.1, -0.05) is 84.0 Å². The first-order valence-electron chi connectivity index (χ1n) is 9.92. The average Bonchev–Trinajstić information content (AvgIpc) is 2.94. The van der Waals surface area contributed by atoms with Crippen molar-refractivity contribution in [1.82, 2.24) is 0 Å². The second-order valence-corrected chi connectivity index (χ2v) is 9.80. The highest BCUT2D eigenvalue weighted by atomic mass is 16.3. The zero-order chi connectivity index (χ0) is 20.3. The number of nitrogen functional groups attached to an aromatic ring is 1. The highest BCUT2D eigenvalue weighted by Gasteiger charge is 2.27. The van der Waals surface area contributed by atoms with Gasteiger partial charge in [0.15, 0.2) is 5.88 Å². The van der Waals surface area contributed by atoms with E-state index in [1.165, 1.54) is 21.9 Å². The molecule has 28 heavy (non-hydrogen) atoms. The van der Waals surface area contributed by atoms with Gasteiger partial charge in [-0.05, 0) is 44.9 Å². The number of hydrogen-bond acceptors (Lipinski definition) is 2. The zero-order valence-corrected chi connectivity index (χ0v) is 17.7. The maximum atomic E-state index is 6.43. The predicted octanol–water partition coefficient (Wildman–Crippen LogP) is 7.43. The van der Waals surface area contributed by atoms with Crippen LogP contribution in [0.5, 0.6) is 0 Å². The largest absolute Gasteiger partial charge is 0.440 e.